The lowest BCUT2D eigenvalue weighted by atomic mass is 10.2. The Labute approximate surface area is 130 Å². The first-order valence-corrected chi connectivity index (χ1v) is 8.00. The highest BCUT2D eigenvalue weighted by Gasteiger charge is 2.18. The maximum atomic E-state index is 5.68. The van der Waals surface area contributed by atoms with Crippen molar-refractivity contribution in [2.24, 2.45) is 5.73 Å². The molecule has 0 atom stereocenters. The van der Waals surface area contributed by atoms with E-state index < -0.39 is 0 Å². The van der Waals surface area contributed by atoms with E-state index in [1.54, 1.807) is 0 Å². The summed E-state index contributed by atoms with van der Waals surface area (Å²) in [7, 11) is 4.26. The van der Waals surface area contributed by atoms with E-state index in [1.807, 2.05) is 0 Å². The molecular weight excluding hydrogens is 316 g/mol. The summed E-state index contributed by atoms with van der Waals surface area (Å²) in [6, 6.07) is 6.44. The van der Waals surface area contributed by atoms with Gasteiger partial charge in [-0.1, -0.05) is 6.07 Å². The minimum absolute atomic E-state index is 0.594. The van der Waals surface area contributed by atoms with E-state index in [9.17, 15) is 0 Å². The van der Waals surface area contributed by atoms with Gasteiger partial charge in [-0.15, -0.1) is 0 Å². The number of nitrogens with two attached hydrogens (primary N) is 1. The summed E-state index contributed by atoms with van der Waals surface area (Å²) in [5.41, 5.74) is 8.14. The van der Waals surface area contributed by atoms with Gasteiger partial charge in [0, 0.05) is 50.3 Å². The van der Waals surface area contributed by atoms with Crippen LogP contribution in [0.5, 0.6) is 0 Å². The molecule has 1 heterocycles. The molecule has 0 saturated carbocycles. The van der Waals surface area contributed by atoms with Gasteiger partial charge in [0.2, 0.25) is 0 Å². The molecule has 20 heavy (non-hydrogen) atoms. The highest BCUT2D eigenvalue weighted by Crippen LogP contribution is 2.28. The fraction of sp³-hybridized carbons (Fsp3) is 0.600. The molecular formula is C15H25BrN4. The van der Waals surface area contributed by atoms with Gasteiger partial charge in [0.1, 0.15) is 0 Å². The molecule has 5 heteroatoms. The minimum Gasteiger partial charge on any atom is -0.368 e. The van der Waals surface area contributed by atoms with Gasteiger partial charge in [-0.25, -0.2) is 0 Å². The maximum absolute atomic E-state index is 5.68. The Bertz CT molecular complexity index is 428. The summed E-state index contributed by atoms with van der Waals surface area (Å²) in [5, 5.41) is 0. The number of likely N-dealkylation sites (N-methyl/N-ethyl adjacent to an activating group) is 1. The molecule has 2 rings (SSSR count). The lowest BCUT2D eigenvalue weighted by Gasteiger charge is -2.37. The zero-order chi connectivity index (χ0) is 14.5. The van der Waals surface area contributed by atoms with Crippen molar-refractivity contribution >= 4 is 21.6 Å². The van der Waals surface area contributed by atoms with Crippen molar-refractivity contribution in [1.82, 2.24) is 9.80 Å². The molecule has 0 aliphatic carbocycles. The Morgan fingerprint density at radius 3 is 2.45 bits per heavy atom. The predicted molar refractivity (Wildman–Crippen MR) is 89.2 cm³/mol. The van der Waals surface area contributed by atoms with Crippen LogP contribution in [0.3, 0.4) is 0 Å². The SMILES string of the molecule is CN(C)CCN1CCN(c2ccc(CN)cc2Br)CC1. The average molecular weight is 341 g/mol. The van der Waals surface area contributed by atoms with Crippen LogP contribution in [0.15, 0.2) is 22.7 Å². The third-order valence-electron chi connectivity index (χ3n) is 3.82. The second-order valence-corrected chi connectivity index (χ2v) is 6.48. The minimum atomic E-state index is 0.594. The van der Waals surface area contributed by atoms with Crippen molar-refractivity contribution < 1.29 is 0 Å². The van der Waals surface area contributed by atoms with Gasteiger partial charge in [-0.05, 0) is 47.7 Å². The number of hydrogen-bond donors (Lipinski definition) is 1. The van der Waals surface area contributed by atoms with E-state index in [0.29, 0.717) is 6.54 Å². The van der Waals surface area contributed by atoms with Crippen LogP contribution in [0.1, 0.15) is 5.56 Å². The third kappa shape index (κ3) is 4.19. The molecule has 1 saturated heterocycles. The molecule has 1 aliphatic rings. The second-order valence-electron chi connectivity index (χ2n) is 5.62. The van der Waals surface area contributed by atoms with E-state index in [2.05, 4.69) is 62.9 Å². The second kappa shape index (κ2) is 7.41. The Morgan fingerprint density at radius 2 is 1.90 bits per heavy atom. The molecule has 0 amide bonds. The van der Waals surface area contributed by atoms with E-state index >= 15 is 0 Å². The summed E-state index contributed by atoms with van der Waals surface area (Å²) in [4.78, 5) is 7.24. The zero-order valence-corrected chi connectivity index (χ0v) is 14.1. The van der Waals surface area contributed by atoms with Crippen LogP contribution in [0.4, 0.5) is 5.69 Å². The number of benzene rings is 1. The lowest BCUT2D eigenvalue weighted by molar-refractivity contribution is 0.229. The normalized spacial score (nSPS) is 16.9. The summed E-state index contributed by atoms with van der Waals surface area (Å²) < 4.78 is 1.15. The average Bonchev–Trinajstić information content (AvgIpc) is 2.45. The topological polar surface area (TPSA) is 35.7 Å². The zero-order valence-electron chi connectivity index (χ0n) is 12.5. The third-order valence-corrected chi connectivity index (χ3v) is 4.46. The molecule has 0 radical (unpaired) electrons. The quantitative estimate of drug-likeness (QED) is 0.882. The van der Waals surface area contributed by atoms with Gasteiger partial charge in [-0.3, -0.25) is 4.90 Å². The number of anilines is 1. The molecule has 4 nitrogen and oxygen atoms in total. The predicted octanol–water partition coefficient (Wildman–Crippen LogP) is 1.59. The van der Waals surface area contributed by atoms with Crippen molar-refractivity contribution in [3.8, 4) is 0 Å². The van der Waals surface area contributed by atoms with E-state index in [1.165, 1.54) is 11.3 Å². The van der Waals surface area contributed by atoms with Crippen LogP contribution in [-0.2, 0) is 6.54 Å². The number of rotatable bonds is 5. The van der Waals surface area contributed by atoms with Crippen molar-refractivity contribution in [1.29, 1.82) is 0 Å². The largest absolute Gasteiger partial charge is 0.368 e. The van der Waals surface area contributed by atoms with Crippen LogP contribution in [0, 0.1) is 0 Å². The first-order chi connectivity index (χ1) is 9.60. The summed E-state index contributed by atoms with van der Waals surface area (Å²) in [5.74, 6) is 0. The van der Waals surface area contributed by atoms with Crippen molar-refractivity contribution in [3.05, 3.63) is 28.2 Å². The van der Waals surface area contributed by atoms with Crippen LogP contribution < -0.4 is 10.6 Å². The standard InChI is InChI=1S/C15H25BrN4/c1-18(2)5-6-19-7-9-20(10-8-19)15-4-3-13(12-17)11-14(15)16/h3-4,11H,5-10,12,17H2,1-2H3. The lowest BCUT2D eigenvalue weighted by Crippen LogP contribution is -2.48. The fourth-order valence-electron chi connectivity index (χ4n) is 2.49. The van der Waals surface area contributed by atoms with Crippen LogP contribution in [0.2, 0.25) is 0 Å². The number of piperazine rings is 1. The number of halogens is 1. The van der Waals surface area contributed by atoms with Gasteiger partial charge in [0.05, 0.1) is 5.69 Å². The number of nitrogens with zero attached hydrogens (tertiary/aromatic N) is 3. The van der Waals surface area contributed by atoms with Crippen LogP contribution >= 0.6 is 15.9 Å². The van der Waals surface area contributed by atoms with Gasteiger partial charge in [-0.2, -0.15) is 0 Å². The molecule has 1 aromatic carbocycles. The Hall–Kier alpha value is -0.620. The summed E-state index contributed by atoms with van der Waals surface area (Å²) >= 11 is 3.67. The molecule has 1 fully saturated rings. The summed E-state index contributed by atoms with van der Waals surface area (Å²) in [6.07, 6.45) is 0. The first kappa shape index (κ1) is 15.8. The van der Waals surface area contributed by atoms with Crippen molar-refractivity contribution in [2.45, 2.75) is 6.54 Å². The van der Waals surface area contributed by atoms with Crippen molar-refractivity contribution in [2.75, 3.05) is 58.3 Å². The van der Waals surface area contributed by atoms with Gasteiger partial charge >= 0.3 is 0 Å². The molecule has 1 aromatic rings. The molecule has 2 N–H and O–H groups in total. The maximum Gasteiger partial charge on any atom is 0.0511 e. The fourth-order valence-corrected chi connectivity index (χ4v) is 3.16. The molecule has 1 aliphatic heterocycles. The van der Waals surface area contributed by atoms with Gasteiger partial charge < -0.3 is 15.5 Å². The first-order valence-electron chi connectivity index (χ1n) is 7.20. The van der Waals surface area contributed by atoms with E-state index in [4.69, 9.17) is 5.73 Å². The molecule has 0 spiro atoms. The molecule has 0 unspecified atom stereocenters. The molecule has 0 bridgehead atoms. The van der Waals surface area contributed by atoms with Crippen LogP contribution in [0.25, 0.3) is 0 Å². The monoisotopic (exact) mass is 340 g/mol. The van der Waals surface area contributed by atoms with E-state index in [0.717, 1.165) is 43.7 Å². The Morgan fingerprint density at radius 1 is 1.20 bits per heavy atom. The Balaban J connectivity index is 1.90. The highest BCUT2D eigenvalue weighted by atomic mass is 79.9. The number of hydrogen-bond acceptors (Lipinski definition) is 4. The smallest absolute Gasteiger partial charge is 0.0511 e. The Kier molecular flexibility index (Phi) is 5.84. The van der Waals surface area contributed by atoms with Crippen LogP contribution in [-0.4, -0.2) is 63.2 Å². The molecule has 112 valence electrons. The van der Waals surface area contributed by atoms with Crippen molar-refractivity contribution in [3.63, 3.8) is 0 Å². The van der Waals surface area contributed by atoms with E-state index in [-0.39, 0.29) is 0 Å². The molecule has 0 aromatic heterocycles. The summed E-state index contributed by atoms with van der Waals surface area (Å²) in [6.45, 7) is 7.35. The van der Waals surface area contributed by atoms with Gasteiger partial charge in [0.15, 0.2) is 0 Å². The highest BCUT2D eigenvalue weighted by molar-refractivity contribution is 9.10. The van der Waals surface area contributed by atoms with Gasteiger partial charge in [0.25, 0.3) is 0 Å².